The largest absolute Gasteiger partial charge is 0.411 e. The molecule has 19 heavy (non-hydrogen) atoms. The fourth-order valence-corrected chi connectivity index (χ4v) is 1.76. The maximum Gasteiger partial charge on any atom is 0.411 e. The van der Waals surface area contributed by atoms with Crippen LogP contribution < -0.4 is 5.32 Å². The molecule has 1 aromatic heterocycles. The van der Waals surface area contributed by atoms with Crippen molar-refractivity contribution in [2.45, 2.75) is 38.7 Å². The molecule has 1 aromatic rings. The molecule has 1 aliphatic heterocycles. The van der Waals surface area contributed by atoms with E-state index in [4.69, 9.17) is 0 Å². The van der Waals surface area contributed by atoms with Crippen molar-refractivity contribution in [1.29, 1.82) is 0 Å². The van der Waals surface area contributed by atoms with Gasteiger partial charge in [0.25, 0.3) is 0 Å². The lowest BCUT2D eigenvalue weighted by atomic mass is 10.1. The number of hydrogen-bond acceptors (Lipinski definition) is 2. The first kappa shape index (κ1) is 13.7. The zero-order chi connectivity index (χ0) is 14.3. The highest BCUT2D eigenvalue weighted by molar-refractivity contribution is 5.75. The van der Waals surface area contributed by atoms with Crippen molar-refractivity contribution in [3.8, 4) is 0 Å². The van der Waals surface area contributed by atoms with Gasteiger partial charge in [0.05, 0.1) is 6.54 Å². The van der Waals surface area contributed by atoms with Crippen LogP contribution >= 0.6 is 0 Å². The van der Waals surface area contributed by atoms with Crippen LogP contribution in [0.1, 0.15) is 19.7 Å². The van der Waals surface area contributed by atoms with E-state index in [1.165, 1.54) is 4.90 Å². The monoisotopic (exact) mass is 276 g/mol. The molecule has 0 saturated heterocycles. The zero-order valence-electron chi connectivity index (χ0n) is 10.7. The van der Waals surface area contributed by atoms with Crippen molar-refractivity contribution >= 4 is 6.03 Å². The third kappa shape index (κ3) is 2.66. The highest BCUT2D eigenvalue weighted by Crippen LogP contribution is 2.29. The molecule has 0 fully saturated rings. The van der Waals surface area contributed by atoms with E-state index in [0.717, 1.165) is 13.8 Å². The Morgan fingerprint density at radius 2 is 2.05 bits per heavy atom. The van der Waals surface area contributed by atoms with Gasteiger partial charge < -0.3 is 14.8 Å². The second-order valence-electron chi connectivity index (χ2n) is 5.01. The summed E-state index contributed by atoms with van der Waals surface area (Å²) in [5.41, 5.74) is -2.25. The molecule has 5 nitrogen and oxygen atoms in total. The average molecular weight is 276 g/mol. The third-order valence-electron chi connectivity index (χ3n) is 3.16. The van der Waals surface area contributed by atoms with Crippen molar-refractivity contribution in [1.82, 2.24) is 19.8 Å². The summed E-state index contributed by atoms with van der Waals surface area (Å²) < 4.78 is 40.0. The number of carbonyl (C=O) groups is 1. The second-order valence-corrected chi connectivity index (χ2v) is 5.01. The molecule has 0 aliphatic carbocycles. The number of halogens is 3. The standard InChI is InChI=1S/C11H15F3N4O/c1-10(2,11(12,13)14)16-9(19)18-6-5-17-4-3-15-8(17)7-18/h3-4H,5-7H2,1-2H3,(H,16,19). The van der Waals surface area contributed by atoms with Gasteiger partial charge in [-0.05, 0) is 13.8 Å². The molecular weight excluding hydrogens is 261 g/mol. The molecule has 1 N–H and O–H groups in total. The van der Waals surface area contributed by atoms with Crippen LogP contribution in [0, 0.1) is 0 Å². The van der Waals surface area contributed by atoms with Gasteiger partial charge in [-0.2, -0.15) is 13.2 Å². The van der Waals surface area contributed by atoms with Crippen molar-refractivity contribution < 1.29 is 18.0 Å². The molecule has 0 saturated carbocycles. The van der Waals surface area contributed by atoms with Crippen LogP contribution in [0.5, 0.6) is 0 Å². The molecular formula is C11H15F3N4O. The maximum atomic E-state index is 12.7. The minimum absolute atomic E-state index is 0.215. The summed E-state index contributed by atoms with van der Waals surface area (Å²) in [6.45, 7) is 3.00. The Morgan fingerprint density at radius 1 is 1.37 bits per heavy atom. The van der Waals surface area contributed by atoms with Crippen LogP contribution in [0.3, 0.4) is 0 Å². The fraction of sp³-hybridized carbons (Fsp3) is 0.636. The van der Waals surface area contributed by atoms with Crippen LogP contribution in [0.15, 0.2) is 12.4 Å². The smallest absolute Gasteiger partial charge is 0.332 e. The van der Waals surface area contributed by atoms with E-state index in [9.17, 15) is 18.0 Å². The van der Waals surface area contributed by atoms with Gasteiger partial charge in [-0.25, -0.2) is 9.78 Å². The molecule has 2 amide bonds. The fourth-order valence-electron chi connectivity index (χ4n) is 1.76. The number of aromatic nitrogens is 2. The average Bonchev–Trinajstić information content (AvgIpc) is 2.73. The topological polar surface area (TPSA) is 50.2 Å². The second kappa shape index (κ2) is 4.43. The Balaban J connectivity index is 2.03. The quantitative estimate of drug-likeness (QED) is 0.849. The molecule has 0 radical (unpaired) electrons. The number of nitrogens with one attached hydrogen (secondary N) is 1. The molecule has 0 aromatic carbocycles. The molecule has 8 heteroatoms. The minimum Gasteiger partial charge on any atom is -0.332 e. The summed E-state index contributed by atoms with van der Waals surface area (Å²) in [6, 6.07) is -0.725. The van der Waals surface area contributed by atoms with Gasteiger partial charge >= 0.3 is 12.2 Å². The van der Waals surface area contributed by atoms with Crippen LogP contribution in [0.25, 0.3) is 0 Å². The lowest BCUT2D eigenvalue weighted by molar-refractivity contribution is -0.182. The predicted octanol–water partition coefficient (Wildman–Crippen LogP) is 1.75. The minimum atomic E-state index is -4.49. The van der Waals surface area contributed by atoms with E-state index in [1.54, 1.807) is 12.4 Å². The third-order valence-corrected chi connectivity index (χ3v) is 3.16. The molecule has 0 spiro atoms. The lowest BCUT2D eigenvalue weighted by Gasteiger charge is -2.34. The molecule has 1 aliphatic rings. The summed E-state index contributed by atoms with van der Waals surface area (Å²) in [5.74, 6) is 0.672. The highest BCUT2D eigenvalue weighted by Gasteiger charge is 2.49. The summed E-state index contributed by atoms with van der Waals surface area (Å²) in [4.78, 5) is 17.3. The zero-order valence-corrected chi connectivity index (χ0v) is 10.7. The number of alkyl halides is 3. The van der Waals surface area contributed by atoms with Gasteiger partial charge in [0.1, 0.15) is 11.4 Å². The van der Waals surface area contributed by atoms with Crippen molar-refractivity contribution in [3.05, 3.63) is 18.2 Å². The molecule has 0 atom stereocenters. The van der Waals surface area contributed by atoms with Crippen LogP contribution in [-0.4, -0.2) is 38.7 Å². The number of rotatable bonds is 1. The Labute approximate surface area is 108 Å². The first-order chi connectivity index (χ1) is 8.71. The van der Waals surface area contributed by atoms with Crippen LogP contribution in [0.2, 0.25) is 0 Å². The van der Waals surface area contributed by atoms with E-state index in [0.29, 0.717) is 18.9 Å². The molecule has 106 valence electrons. The van der Waals surface area contributed by atoms with E-state index in [1.807, 2.05) is 9.88 Å². The van der Waals surface area contributed by atoms with Gasteiger partial charge in [0.15, 0.2) is 0 Å². The molecule has 0 unspecified atom stereocenters. The van der Waals surface area contributed by atoms with Gasteiger partial charge in [0, 0.05) is 25.5 Å². The summed E-state index contributed by atoms with van der Waals surface area (Å²) >= 11 is 0. The number of hydrogen-bond donors (Lipinski definition) is 1. The molecule has 2 rings (SSSR count). The van der Waals surface area contributed by atoms with Crippen molar-refractivity contribution in [2.24, 2.45) is 0 Å². The van der Waals surface area contributed by atoms with E-state index in [2.05, 4.69) is 4.98 Å². The van der Waals surface area contributed by atoms with Crippen molar-refractivity contribution in [3.63, 3.8) is 0 Å². The first-order valence-electron chi connectivity index (χ1n) is 5.84. The van der Waals surface area contributed by atoms with Gasteiger partial charge in [-0.3, -0.25) is 0 Å². The van der Waals surface area contributed by atoms with Gasteiger partial charge in [0.2, 0.25) is 0 Å². The Hall–Kier alpha value is -1.73. The SMILES string of the molecule is CC(C)(NC(=O)N1CCn2ccnc2C1)C(F)(F)F. The van der Waals surface area contributed by atoms with E-state index < -0.39 is 17.7 Å². The summed E-state index contributed by atoms with van der Waals surface area (Å²) in [7, 11) is 0. The van der Waals surface area contributed by atoms with Gasteiger partial charge in [-0.15, -0.1) is 0 Å². The lowest BCUT2D eigenvalue weighted by Crippen LogP contribution is -2.58. The Morgan fingerprint density at radius 3 is 2.68 bits per heavy atom. The normalized spacial score (nSPS) is 16.2. The Kier molecular flexibility index (Phi) is 3.19. The van der Waals surface area contributed by atoms with Crippen LogP contribution in [-0.2, 0) is 13.1 Å². The summed E-state index contributed by atoms with van der Waals surface area (Å²) in [6.07, 6.45) is -1.10. The maximum absolute atomic E-state index is 12.7. The predicted molar refractivity (Wildman–Crippen MR) is 61.3 cm³/mol. The van der Waals surface area contributed by atoms with Gasteiger partial charge in [-0.1, -0.05) is 0 Å². The number of nitrogens with zero attached hydrogens (tertiary/aromatic N) is 3. The number of amides is 2. The number of imidazole rings is 1. The first-order valence-corrected chi connectivity index (χ1v) is 5.84. The van der Waals surface area contributed by atoms with Crippen molar-refractivity contribution in [2.75, 3.05) is 6.54 Å². The summed E-state index contributed by atoms with van der Waals surface area (Å²) in [5, 5.41) is 2.01. The number of urea groups is 1. The van der Waals surface area contributed by atoms with E-state index >= 15 is 0 Å². The highest BCUT2D eigenvalue weighted by atomic mass is 19.4. The molecule has 2 heterocycles. The number of fused-ring (bicyclic) bond motifs is 1. The van der Waals surface area contributed by atoms with Crippen LogP contribution in [0.4, 0.5) is 18.0 Å². The van der Waals surface area contributed by atoms with E-state index in [-0.39, 0.29) is 6.54 Å². The number of carbonyl (C=O) groups excluding carboxylic acids is 1. The molecule has 0 bridgehead atoms. The Bertz CT molecular complexity index is 481.